The van der Waals surface area contributed by atoms with Gasteiger partial charge in [-0.25, -0.2) is 0 Å². The van der Waals surface area contributed by atoms with Crippen LogP contribution in [0, 0.1) is 0 Å². The topological polar surface area (TPSA) is 41.5 Å². The third-order valence-electron chi connectivity index (χ3n) is 3.19. The lowest BCUT2D eigenvalue weighted by atomic mass is 9.90. The number of para-hydroxylation sites is 1. The summed E-state index contributed by atoms with van der Waals surface area (Å²) in [6, 6.07) is 5.93. The average Bonchev–Trinajstić information content (AvgIpc) is 2.33. The monoisotopic (exact) mass is 221 g/mol. The molecule has 2 N–H and O–H groups in total. The van der Waals surface area contributed by atoms with E-state index in [1.165, 1.54) is 6.42 Å². The Hall–Kier alpha value is -1.06. The smallest absolute Gasteiger partial charge is 0.124 e. The molecule has 0 bridgehead atoms. The molecule has 1 unspecified atom stereocenters. The molecule has 1 aliphatic rings. The van der Waals surface area contributed by atoms with Gasteiger partial charge in [0.05, 0.1) is 6.61 Å². The summed E-state index contributed by atoms with van der Waals surface area (Å²) in [6.07, 6.45) is 2.33. The summed E-state index contributed by atoms with van der Waals surface area (Å²) in [5, 5.41) is 13.5. The Bertz CT molecular complexity index is 346. The zero-order valence-electron chi connectivity index (χ0n) is 9.70. The second kappa shape index (κ2) is 5.32. The first-order valence-corrected chi connectivity index (χ1v) is 5.83. The number of rotatable bonds is 3. The lowest BCUT2D eigenvalue weighted by Crippen LogP contribution is -2.28. The van der Waals surface area contributed by atoms with E-state index in [1.54, 1.807) is 7.11 Å². The van der Waals surface area contributed by atoms with Crippen LogP contribution in [0.15, 0.2) is 18.2 Å². The van der Waals surface area contributed by atoms with Crippen LogP contribution in [0.5, 0.6) is 5.75 Å². The standard InChI is InChI=1S/C13H19NO2/c1-16-9-11-4-2-6-12(13(11)15)10-5-3-7-14-8-10/h2,4,6,10,14-15H,3,5,7-9H2,1H3. The number of aromatic hydroxyl groups is 1. The van der Waals surface area contributed by atoms with Crippen LogP contribution in [0.1, 0.15) is 29.9 Å². The van der Waals surface area contributed by atoms with Gasteiger partial charge in [-0.2, -0.15) is 0 Å². The van der Waals surface area contributed by atoms with Gasteiger partial charge in [0.2, 0.25) is 0 Å². The molecule has 1 aromatic rings. The highest BCUT2D eigenvalue weighted by molar-refractivity contribution is 5.42. The highest BCUT2D eigenvalue weighted by atomic mass is 16.5. The normalized spacial score (nSPS) is 20.9. The van der Waals surface area contributed by atoms with Gasteiger partial charge >= 0.3 is 0 Å². The molecule has 2 rings (SSSR count). The highest BCUT2D eigenvalue weighted by Gasteiger charge is 2.19. The van der Waals surface area contributed by atoms with E-state index in [4.69, 9.17) is 4.74 Å². The van der Waals surface area contributed by atoms with Crippen LogP contribution < -0.4 is 5.32 Å². The third-order valence-corrected chi connectivity index (χ3v) is 3.19. The molecule has 1 saturated heterocycles. The Balaban J connectivity index is 2.22. The first-order valence-electron chi connectivity index (χ1n) is 5.83. The predicted octanol–water partition coefficient (Wildman–Crippen LogP) is 2.01. The maximum Gasteiger partial charge on any atom is 0.124 e. The SMILES string of the molecule is COCc1cccc(C2CCCNC2)c1O. The molecule has 1 aromatic carbocycles. The van der Waals surface area contributed by atoms with Crippen molar-refractivity contribution < 1.29 is 9.84 Å². The third kappa shape index (κ3) is 2.36. The lowest BCUT2D eigenvalue weighted by Gasteiger charge is -2.24. The van der Waals surface area contributed by atoms with Gasteiger partial charge in [-0.15, -0.1) is 0 Å². The second-order valence-electron chi connectivity index (χ2n) is 4.33. The highest BCUT2D eigenvalue weighted by Crippen LogP contribution is 2.33. The molecule has 0 amide bonds. The molecular formula is C13H19NO2. The Morgan fingerprint density at radius 2 is 2.38 bits per heavy atom. The molecule has 1 heterocycles. The number of piperidine rings is 1. The number of phenols is 1. The summed E-state index contributed by atoms with van der Waals surface area (Å²) in [5.41, 5.74) is 1.94. The van der Waals surface area contributed by atoms with Crippen LogP contribution >= 0.6 is 0 Å². The molecule has 16 heavy (non-hydrogen) atoms. The van der Waals surface area contributed by atoms with Crippen molar-refractivity contribution in [3.05, 3.63) is 29.3 Å². The van der Waals surface area contributed by atoms with E-state index in [1.807, 2.05) is 18.2 Å². The van der Waals surface area contributed by atoms with Crippen LogP contribution in [0.4, 0.5) is 0 Å². The van der Waals surface area contributed by atoms with Crippen molar-refractivity contribution in [1.82, 2.24) is 5.32 Å². The zero-order valence-corrected chi connectivity index (χ0v) is 9.70. The lowest BCUT2D eigenvalue weighted by molar-refractivity contribution is 0.181. The molecule has 3 nitrogen and oxygen atoms in total. The van der Waals surface area contributed by atoms with Gasteiger partial charge in [0.25, 0.3) is 0 Å². The first-order chi connectivity index (χ1) is 7.83. The summed E-state index contributed by atoms with van der Waals surface area (Å²) in [7, 11) is 1.65. The molecule has 0 aromatic heterocycles. The van der Waals surface area contributed by atoms with Gasteiger partial charge in [0.15, 0.2) is 0 Å². The molecule has 0 saturated carbocycles. The minimum Gasteiger partial charge on any atom is -0.507 e. The number of nitrogens with one attached hydrogen (secondary N) is 1. The summed E-state index contributed by atoms with van der Waals surface area (Å²) in [6.45, 7) is 2.53. The van der Waals surface area contributed by atoms with Gasteiger partial charge < -0.3 is 15.2 Å². The van der Waals surface area contributed by atoms with E-state index in [9.17, 15) is 5.11 Å². The van der Waals surface area contributed by atoms with Crippen LogP contribution in [0.2, 0.25) is 0 Å². The fourth-order valence-corrected chi connectivity index (χ4v) is 2.33. The fourth-order valence-electron chi connectivity index (χ4n) is 2.33. The molecule has 88 valence electrons. The van der Waals surface area contributed by atoms with Crippen LogP contribution in [-0.4, -0.2) is 25.3 Å². The maximum absolute atomic E-state index is 10.2. The van der Waals surface area contributed by atoms with E-state index in [-0.39, 0.29) is 0 Å². The van der Waals surface area contributed by atoms with Gasteiger partial charge in [-0.1, -0.05) is 18.2 Å². The zero-order chi connectivity index (χ0) is 11.4. The van der Waals surface area contributed by atoms with E-state index in [0.29, 0.717) is 18.3 Å². The molecule has 1 atom stereocenters. The number of benzene rings is 1. The van der Waals surface area contributed by atoms with Crippen molar-refractivity contribution in [1.29, 1.82) is 0 Å². The van der Waals surface area contributed by atoms with Crippen molar-refractivity contribution in [3.8, 4) is 5.75 Å². The first kappa shape index (κ1) is 11.4. The average molecular weight is 221 g/mol. The molecule has 1 fully saturated rings. The van der Waals surface area contributed by atoms with Crippen molar-refractivity contribution in [3.63, 3.8) is 0 Å². The van der Waals surface area contributed by atoms with Crippen LogP contribution in [0.3, 0.4) is 0 Å². The van der Waals surface area contributed by atoms with Crippen LogP contribution in [0.25, 0.3) is 0 Å². The van der Waals surface area contributed by atoms with Gasteiger partial charge in [-0.3, -0.25) is 0 Å². The van der Waals surface area contributed by atoms with Crippen molar-refractivity contribution in [2.24, 2.45) is 0 Å². The molecule has 0 spiro atoms. The minimum absolute atomic E-state index is 0.415. The van der Waals surface area contributed by atoms with Crippen LogP contribution in [-0.2, 0) is 11.3 Å². The Labute approximate surface area is 96.4 Å². The van der Waals surface area contributed by atoms with Crippen molar-refractivity contribution >= 4 is 0 Å². The number of hydrogen-bond donors (Lipinski definition) is 2. The molecule has 3 heteroatoms. The van der Waals surface area contributed by atoms with Gasteiger partial charge in [0, 0.05) is 25.1 Å². The summed E-state index contributed by atoms with van der Waals surface area (Å²) in [4.78, 5) is 0. The van der Waals surface area contributed by atoms with E-state index >= 15 is 0 Å². The Kier molecular flexibility index (Phi) is 3.80. The van der Waals surface area contributed by atoms with Gasteiger partial charge in [0.1, 0.15) is 5.75 Å². The van der Waals surface area contributed by atoms with Gasteiger partial charge in [-0.05, 0) is 24.9 Å². The van der Waals surface area contributed by atoms with Crippen molar-refractivity contribution in [2.75, 3.05) is 20.2 Å². The summed E-state index contributed by atoms with van der Waals surface area (Å²) in [5.74, 6) is 0.851. The number of methoxy groups -OCH3 is 1. The summed E-state index contributed by atoms with van der Waals surface area (Å²) < 4.78 is 5.08. The molecule has 0 aliphatic carbocycles. The second-order valence-corrected chi connectivity index (χ2v) is 4.33. The number of phenolic OH excluding ortho intramolecular Hbond substituents is 1. The molecule has 1 aliphatic heterocycles. The minimum atomic E-state index is 0.415. The molecular weight excluding hydrogens is 202 g/mol. The van der Waals surface area contributed by atoms with Crippen molar-refractivity contribution in [2.45, 2.75) is 25.4 Å². The quantitative estimate of drug-likeness (QED) is 0.820. The predicted molar refractivity (Wildman–Crippen MR) is 63.7 cm³/mol. The number of hydrogen-bond acceptors (Lipinski definition) is 3. The van der Waals surface area contributed by atoms with E-state index in [2.05, 4.69) is 5.32 Å². The largest absolute Gasteiger partial charge is 0.507 e. The maximum atomic E-state index is 10.2. The fraction of sp³-hybridized carbons (Fsp3) is 0.538. The van der Waals surface area contributed by atoms with E-state index < -0.39 is 0 Å². The Morgan fingerprint density at radius 1 is 1.50 bits per heavy atom. The number of ether oxygens (including phenoxy) is 1. The summed E-state index contributed by atoms with van der Waals surface area (Å²) >= 11 is 0. The Morgan fingerprint density at radius 3 is 3.06 bits per heavy atom. The molecule has 0 radical (unpaired) electrons. The van der Waals surface area contributed by atoms with E-state index in [0.717, 1.165) is 30.6 Å².